The van der Waals surface area contributed by atoms with Crippen molar-refractivity contribution in [2.24, 2.45) is 16.0 Å². The summed E-state index contributed by atoms with van der Waals surface area (Å²) < 4.78 is 7.26. The zero-order valence-electron chi connectivity index (χ0n) is 21.4. The van der Waals surface area contributed by atoms with E-state index < -0.39 is 17.9 Å². The predicted octanol–water partition coefficient (Wildman–Crippen LogP) is 3.51. The topological polar surface area (TPSA) is 93.3 Å². The number of hydrazone groups is 1. The van der Waals surface area contributed by atoms with E-state index in [1.165, 1.54) is 20.9 Å². The summed E-state index contributed by atoms with van der Waals surface area (Å²) in [6.07, 6.45) is 3.64. The molecule has 1 amide bonds. The van der Waals surface area contributed by atoms with Crippen molar-refractivity contribution in [3.8, 4) is 0 Å². The summed E-state index contributed by atoms with van der Waals surface area (Å²) in [6, 6.07) is 16.2. The summed E-state index contributed by atoms with van der Waals surface area (Å²) in [6.45, 7) is 5.48. The number of carbonyl (C=O) groups excluding carboxylic acids is 2. The quantitative estimate of drug-likeness (QED) is 0.349. The van der Waals surface area contributed by atoms with Crippen LogP contribution in [0.2, 0.25) is 0 Å². The molecule has 3 heterocycles. The highest BCUT2D eigenvalue weighted by atomic mass is 32.2. The van der Waals surface area contributed by atoms with Crippen LogP contribution in [0.4, 0.5) is 5.69 Å². The van der Waals surface area contributed by atoms with E-state index in [0.29, 0.717) is 32.0 Å². The Morgan fingerprint density at radius 3 is 2.47 bits per heavy atom. The van der Waals surface area contributed by atoms with Gasteiger partial charge in [0.05, 0.1) is 39.9 Å². The lowest BCUT2D eigenvalue weighted by atomic mass is 9.96. The molecule has 10 heteroatoms. The number of thiazole rings is 1. The number of benzene rings is 2. The number of esters is 1. The Balaban J connectivity index is 1.62. The van der Waals surface area contributed by atoms with Crippen LogP contribution < -0.4 is 19.9 Å². The fourth-order valence-corrected chi connectivity index (χ4v) is 6.05. The number of para-hydroxylation sites is 1. The number of rotatable bonds is 6. The maximum atomic E-state index is 13.8. The predicted molar refractivity (Wildman–Crippen MR) is 150 cm³/mol. The number of hydrogen-bond acceptors (Lipinski definition) is 8. The minimum Gasteiger partial charge on any atom is -0.463 e. The number of fused-ring (bicyclic) bond motifs is 1. The molecule has 0 N–H and O–H groups in total. The van der Waals surface area contributed by atoms with Crippen LogP contribution in [-0.4, -0.2) is 35.0 Å². The van der Waals surface area contributed by atoms with Crippen molar-refractivity contribution >= 4 is 52.5 Å². The van der Waals surface area contributed by atoms with Crippen molar-refractivity contribution in [2.45, 2.75) is 31.7 Å². The average molecular weight is 547 g/mol. The van der Waals surface area contributed by atoms with Gasteiger partial charge in [-0.15, -0.1) is 11.8 Å². The van der Waals surface area contributed by atoms with Gasteiger partial charge < -0.3 is 4.74 Å². The van der Waals surface area contributed by atoms with Gasteiger partial charge in [-0.1, -0.05) is 41.7 Å². The van der Waals surface area contributed by atoms with Crippen molar-refractivity contribution in [1.82, 2.24) is 4.57 Å². The van der Waals surface area contributed by atoms with Crippen molar-refractivity contribution in [3.63, 3.8) is 0 Å². The first kappa shape index (κ1) is 25.9. The van der Waals surface area contributed by atoms with E-state index in [1.54, 1.807) is 38.6 Å². The molecule has 0 aliphatic carbocycles. The van der Waals surface area contributed by atoms with E-state index in [1.807, 2.05) is 60.9 Å². The van der Waals surface area contributed by atoms with E-state index in [2.05, 4.69) is 10.1 Å². The third kappa shape index (κ3) is 4.54. The highest BCUT2D eigenvalue weighted by Crippen LogP contribution is 2.32. The van der Waals surface area contributed by atoms with Crippen LogP contribution in [0.25, 0.3) is 6.08 Å². The van der Waals surface area contributed by atoms with Crippen molar-refractivity contribution in [3.05, 3.63) is 91.1 Å². The molecular weight excluding hydrogens is 520 g/mol. The fourth-order valence-electron chi connectivity index (χ4n) is 4.58. The van der Waals surface area contributed by atoms with Crippen LogP contribution in [-0.2, 0) is 14.3 Å². The highest BCUT2D eigenvalue weighted by molar-refractivity contribution is 7.98. The lowest BCUT2D eigenvalue weighted by Crippen LogP contribution is -2.40. The number of carbonyl (C=O) groups is 2. The van der Waals surface area contributed by atoms with Crippen LogP contribution in [0.15, 0.2) is 85.7 Å². The van der Waals surface area contributed by atoms with Gasteiger partial charge in [0, 0.05) is 4.90 Å². The van der Waals surface area contributed by atoms with E-state index in [0.717, 1.165) is 10.5 Å². The summed E-state index contributed by atoms with van der Waals surface area (Å²) in [5, 5.41) is 5.81. The SMILES string of the molecule is CCOC(=O)C1=C(C)N=c2s/c(=C/[C@H]3C(=O)N(c4ccccc4)N=C3C)c(=O)n2[C@@H]1c1ccc(SC)cc1. The highest BCUT2D eigenvalue weighted by Gasteiger charge is 2.35. The lowest BCUT2D eigenvalue weighted by molar-refractivity contribution is -0.139. The average Bonchev–Trinajstić information content (AvgIpc) is 3.38. The van der Waals surface area contributed by atoms with Gasteiger partial charge in [0.1, 0.15) is 5.92 Å². The lowest BCUT2D eigenvalue weighted by Gasteiger charge is -2.24. The van der Waals surface area contributed by atoms with Crippen LogP contribution in [0, 0.1) is 5.92 Å². The van der Waals surface area contributed by atoms with Gasteiger partial charge >= 0.3 is 5.97 Å². The molecule has 0 unspecified atom stereocenters. The van der Waals surface area contributed by atoms with Crippen LogP contribution in [0.5, 0.6) is 0 Å². The Morgan fingerprint density at radius 2 is 1.82 bits per heavy atom. The maximum Gasteiger partial charge on any atom is 0.338 e. The number of allylic oxidation sites excluding steroid dienone is 1. The number of anilines is 1. The second-order valence-corrected chi connectivity index (χ2v) is 10.7. The summed E-state index contributed by atoms with van der Waals surface area (Å²) in [5.74, 6) is -1.41. The molecule has 0 fully saturated rings. The van der Waals surface area contributed by atoms with Gasteiger partial charge in [0.25, 0.3) is 11.5 Å². The Kier molecular flexibility index (Phi) is 7.18. The zero-order chi connectivity index (χ0) is 27.0. The first-order valence-corrected chi connectivity index (χ1v) is 14.2. The van der Waals surface area contributed by atoms with E-state index in [-0.39, 0.29) is 18.1 Å². The van der Waals surface area contributed by atoms with Crippen molar-refractivity contribution < 1.29 is 14.3 Å². The largest absolute Gasteiger partial charge is 0.463 e. The van der Waals surface area contributed by atoms with Gasteiger partial charge in [0.2, 0.25) is 0 Å². The smallest absolute Gasteiger partial charge is 0.338 e. The molecule has 2 aliphatic rings. The minimum absolute atomic E-state index is 0.207. The Morgan fingerprint density at radius 1 is 1.11 bits per heavy atom. The van der Waals surface area contributed by atoms with Crippen molar-refractivity contribution in [2.75, 3.05) is 17.9 Å². The van der Waals surface area contributed by atoms with Crippen LogP contribution in [0.3, 0.4) is 0 Å². The second kappa shape index (κ2) is 10.5. The monoisotopic (exact) mass is 546 g/mol. The second-order valence-electron chi connectivity index (χ2n) is 8.80. The molecule has 194 valence electrons. The Bertz CT molecular complexity index is 1650. The molecule has 2 aliphatic heterocycles. The number of nitrogens with zero attached hydrogens (tertiary/aromatic N) is 4. The summed E-state index contributed by atoms with van der Waals surface area (Å²) in [7, 11) is 0. The first-order chi connectivity index (χ1) is 18.3. The summed E-state index contributed by atoms with van der Waals surface area (Å²) >= 11 is 2.81. The number of thioether (sulfide) groups is 1. The number of amides is 1. The summed E-state index contributed by atoms with van der Waals surface area (Å²) in [5.41, 5.74) is 2.54. The molecule has 5 rings (SSSR count). The molecule has 0 saturated carbocycles. The fraction of sp³-hybridized carbons (Fsp3) is 0.250. The van der Waals surface area contributed by atoms with E-state index in [9.17, 15) is 14.4 Å². The first-order valence-electron chi connectivity index (χ1n) is 12.1. The molecule has 0 saturated heterocycles. The molecule has 0 radical (unpaired) electrons. The van der Waals surface area contributed by atoms with E-state index >= 15 is 0 Å². The molecule has 0 spiro atoms. The molecule has 3 aromatic rings. The Hall–Kier alpha value is -3.76. The number of aromatic nitrogens is 1. The third-order valence-corrected chi connectivity index (χ3v) is 8.19. The van der Waals surface area contributed by atoms with Gasteiger partial charge in [-0.05, 0) is 62.9 Å². The number of ether oxygens (including phenoxy) is 1. The Labute approximate surface area is 227 Å². The maximum absolute atomic E-state index is 13.8. The summed E-state index contributed by atoms with van der Waals surface area (Å²) in [4.78, 5) is 46.3. The van der Waals surface area contributed by atoms with Crippen LogP contribution >= 0.6 is 23.1 Å². The molecule has 8 nitrogen and oxygen atoms in total. The van der Waals surface area contributed by atoms with Crippen molar-refractivity contribution in [1.29, 1.82) is 0 Å². The number of hydrogen-bond donors (Lipinski definition) is 0. The zero-order valence-corrected chi connectivity index (χ0v) is 23.0. The normalized spacial score (nSPS) is 19.4. The molecular formula is C28H26N4O4S2. The van der Waals surface area contributed by atoms with Gasteiger partial charge in [-0.3, -0.25) is 14.2 Å². The van der Waals surface area contributed by atoms with Gasteiger partial charge in [-0.2, -0.15) is 10.1 Å². The molecule has 2 atom stereocenters. The molecule has 0 bridgehead atoms. The standard InChI is InChI=1S/C28H26N4O4S2/c1-5-36-27(35)23-17(3)29-28-31(24(23)18-11-13-20(37-4)14-12-18)26(34)22(38-28)15-21-16(2)30-32(25(21)33)19-9-7-6-8-10-19/h6-15,21,24H,5H2,1-4H3/b22-15+/t21-,24-/m1/s1. The minimum atomic E-state index is -0.696. The molecule has 2 aromatic carbocycles. The molecule has 38 heavy (non-hydrogen) atoms. The van der Waals surface area contributed by atoms with Gasteiger partial charge in [-0.25, -0.2) is 9.79 Å². The third-order valence-electron chi connectivity index (χ3n) is 6.45. The van der Waals surface area contributed by atoms with Gasteiger partial charge in [0.15, 0.2) is 4.80 Å². The van der Waals surface area contributed by atoms with E-state index in [4.69, 9.17) is 4.74 Å². The molecule has 1 aromatic heterocycles. The van der Waals surface area contributed by atoms with Crippen LogP contribution in [0.1, 0.15) is 32.4 Å².